The van der Waals surface area contributed by atoms with Crippen molar-refractivity contribution in [2.24, 2.45) is 17.8 Å². The fraction of sp³-hybridized carbons (Fsp3) is 0.500. The maximum Gasteiger partial charge on any atom is 0.306 e. The third-order valence-electron chi connectivity index (χ3n) is 4.54. The predicted octanol–water partition coefficient (Wildman–Crippen LogP) is 2.45. The van der Waals surface area contributed by atoms with Gasteiger partial charge in [0, 0.05) is 24.5 Å². The first-order valence-electron chi connectivity index (χ1n) is 7.29. The maximum absolute atomic E-state index is 12.1. The summed E-state index contributed by atoms with van der Waals surface area (Å²) in [7, 11) is 0. The Labute approximate surface area is 128 Å². The summed E-state index contributed by atoms with van der Waals surface area (Å²) in [6.07, 6.45) is 1.96. The van der Waals surface area contributed by atoms with Gasteiger partial charge < -0.3 is 10.0 Å². The second kappa shape index (κ2) is 5.68. The SMILES string of the molecule is O=C(O)[C@@H]1C[C@H]1C1CN(C(=O)CCc2cccc(Cl)c2)C1. The Morgan fingerprint density at radius 3 is 2.71 bits per heavy atom. The second-order valence-electron chi connectivity index (χ2n) is 6.03. The van der Waals surface area contributed by atoms with E-state index in [4.69, 9.17) is 16.7 Å². The topological polar surface area (TPSA) is 57.6 Å². The van der Waals surface area contributed by atoms with E-state index in [1.165, 1.54) is 0 Å². The highest BCUT2D eigenvalue weighted by Crippen LogP contribution is 2.47. The highest BCUT2D eigenvalue weighted by molar-refractivity contribution is 6.30. The van der Waals surface area contributed by atoms with Crippen LogP contribution in [0.15, 0.2) is 24.3 Å². The van der Waals surface area contributed by atoms with Gasteiger partial charge in [-0.3, -0.25) is 9.59 Å². The molecule has 1 N–H and O–H groups in total. The molecular weight excluding hydrogens is 290 g/mol. The number of aliphatic carboxylic acids is 1. The van der Waals surface area contributed by atoms with Gasteiger partial charge in [-0.05, 0) is 42.4 Å². The van der Waals surface area contributed by atoms with Crippen LogP contribution in [0.25, 0.3) is 0 Å². The molecule has 0 spiro atoms. The second-order valence-corrected chi connectivity index (χ2v) is 6.47. The molecule has 1 heterocycles. The molecule has 3 rings (SSSR count). The first-order valence-corrected chi connectivity index (χ1v) is 7.67. The molecule has 1 amide bonds. The minimum absolute atomic E-state index is 0.152. The molecule has 0 aromatic heterocycles. The normalized spacial score (nSPS) is 24.5. The lowest BCUT2D eigenvalue weighted by atomic mass is 9.92. The number of carbonyl (C=O) groups excluding carboxylic acids is 1. The lowest BCUT2D eigenvalue weighted by Gasteiger charge is -2.40. The largest absolute Gasteiger partial charge is 0.481 e. The third-order valence-corrected chi connectivity index (χ3v) is 4.78. The van der Waals surface area contributed by atoms with E-state index in [-0.39, 0.29) is 11.8 Å². The first-order chi connectivity index (χ1) is 10.0. The lowest BCUT2D eigenvalue weighted by Crippen LogP contribution is -2.51. The van der Waals surface area contributed by atoms with Gasteiger partial charge in [-0.25, -0.2) is 0 Å². The van der Waals surface area contributed by atoms with E-state index in [1.807, 2.05) is 29.2 Å². The molecule has 1 aromatic rings. The smallest absolute Gasteiger partial charge is 0.306 e. The highest BCUT2D eigenvalue weighted by Gasteiger charge is 2.51. The summed E-state index contributed by atoms with van der Waals surface area (Å²) >= 11 is 5.92. The average Bonchev–Trinajstić information content (AvgIpc) is 3.15. The average molecular weight is 308 g/mol. The minimum Gasteiger partial charge on any atom is -0.481 e. The maximum atomic E-state index is 12.1. The fourth-order valence-corrected chi connectivity index (χ4v) is 3.32. The van der Waals surface area contributed by atoms with Crippen LogP contribution in [0.2, 0.25) is 5.02 Å². The van der Waals surface area contributed by atoms with Crippen LogP contribution in [0, 0.1) is 17.8 Å². The summed E-state index contributed by atoms with van der Waals surface area (Å²) in [6, 6.07) is 7.57. The van der Waals surface area contributed by atoms with Gasteiger partial charge in [0.15, 0.2) is 0 Å². The summed E-state index contributed by atoms with van der Waals surface area (Å²) in [5.41, 5.74) is 1.07. The van der Waals surface area contributed by atoms with Crippen molar-refractivity contribution in [2.75, 3.05) is 13.1 Å². The highest BCUT2D eigenvalue weighted by atomic mass is 35.5. The zero-order valence-corrected chi connectivity index (χ0v) is 12.4. The van der Waals surface area contributed by atoms with Gasteiger partial charge >= 0.3 is 5.97 Å². The van der Waals surface area contributed by atoms with Crippen LogP contribution in [-0.2, 0) is 16.0 Å². The van der Waals surface area contributed by atoms with Crippen molar-refractivity contribution >= 4 is 23.5 Å². The van der Waals surface area contributed by atoms with E-state index in [0.717, 1.165) is 25.1 Å². The van der Waals surface area contributed by atoms with Crippen molar-refractivity contribution in [3.05, 3.63) is 34.9 Å². The number of carbonyl (C=O) groups is 2. The fourth-order valence-electron chi connectivity index (χ4n) is 3.11. The van der Waals surface area contributed by atoms with E-state index in [1.54, 1.807) is 0 Å². The van der Waals surface area contributed by atoms with Crippen LogP contribution >= 0.6 is 11.6 Å². The molecule has 0 radical (unpaired) electrons. The van der Waals surface area contributed by atoms with Gasteiger partial charge in [0.05, 0.1) is 5.92 Å². The zero-order valence-electron chi connectivity index (χ0n) is 11.7. The summed E-state index contributed by atoms with van der Waals surface area (Å²) in [5.74, 6) is -0.0242. The number of hydrogen-bond acceptors (Lipinski definition) is 2. The number of rotatable bonds is 5. The van der Waals surface area contributed by atoms with Gasteiger partial charge in [0.2, 0.25) is 5.91 Å². The molecule has 2 atom stereocenters. The van der Waals surface area contributed by atoms with Crippen LogP contribution < -0.4 is 0 Å². The van der Waals surface area contributed by atoms with Crippen molar-refractivity contribution in [2.45, 2.75) is 19.3 Å². The van der Waals surface area contributed by atoms with Crippen molar-refractivity contribution in [1.29, 1.82) is 0 Å². The number of carboxylic acid groups (broad SMARTS) is 1. The minimum atomic E-state index is -0.689. The van der Waals surface area contributed by atoms with Crippen LogP contribution in [0.4, 0.5) is 0 Å². The first kappa shape index (κ1) is 14.4. The molecule has 1 saturated heterocycles. The van der Waals surface area contributed by atoms with Crippen LogP contribution in [0.3, 0.4) is 0 Å². The van der Waals surface area contributed by atoms with Gasteiger partial charge in [-0.15, -0.1) is 0 Å². The Morgan fingerprint density at radius 2 is 2.10 bits per heavy atom. The molecule has 1 aliphatic heterocycles. The Morgan fingerprint density at radius 1 is 1.33 bits per heavy atom. The van der Waals surface area contributed by atoms with E-state index >= 15 is 0 Å². The quantitative estimate of drug-likeness (QED) is 0.909. The monoisotopic (exact) mass is 307 g/mol. The summed E-state index contributed by atoms with van der Waals surface area (Å²) in [5, 5.41) is 9.60. The van der Waals surface area contributed by atoms with Crippen molar-refractivity contribution in [3.8, 4) is 0 Å². The molecule has 112 valence electrons. The van der Waals surface area contributed by atoms with Crippen molar-refractivity contribution in [3.63, 3.8) is 0 Å². The van der Waals surface area contributed by atoms with Crippen LogP contribution in [0.5, 0.6) is 0 Å². The standard InChI is InChI=1S/C16H18ClNO3/c17-12-3-1-2-10(6-12)4-5-15(19)18-8-11(9-18)13-7-14(13)16(20)21/h1-3,6,11,13-14H,4-5,7-9H2,(H,20,21)/t13-,14+/m0/s1. The van der Waals surface area contributed by atoms with E-state index in [2.05, 4.69) is 0 Å². The summed E-state index contributed by atoms with van der Waals surface area (Å²) in [4.78, 5) is 24.7. The number of nitrogens with zero attached hydrogens (tertiary/aromatic N) is 1. The number of hydrogen-bond donors (Lipinski definition) is 1. The van der Waals surface area contributed by atoms with Gasteiger partial charge in [0.1, 0.15) is 0 Å². The molecule has 2 aliphatic rings. The molecule has 0 bridgehead atoms. The number of halogens is 1. The zero-order chi connectivity index (χ0) is 15.0. The van der Waals surface area contributed by atoms with Gasteiger partial charge in [-0.2, -0.15) is 0 Å². The Kier molecular flexibility index (Phi) is 3.89. The molecule has 5 heteroatoms. The molecule has 1 aliphatic carbocycles. The Bertz CT molecular complexity index is 568. The lowest BCUT2D eigenvalue weighted by molar-refractivity contribution is -0.140. The van der Waals surface area contributed by atoms with Crippen molar-refractivity contribution < 1.29 is 14.7 Å². The number of benzene rings is 1. The van der Waals surface area contributed by atoms with E-state index in [0.29, 0.717) is 29.7 Å². The van der Waals surface area contributed by atoms with E-state index < -0.39 is 5.97 Å². The van der Waals surface area contributed by atoms with Gasteiger partial charge in [0.25, 0.3) is 0 Å². The predicted molar refractivity (Wildman–Crippen MR) is 79.1 cm³/mol. The molecular formula is C16H18ClNO3. The molecule has 2 fully saturated rings. The summed E-state index contributed by atoms with van der Waals surface area (Å²) in [6.45, 7) is 1.45. The van der Waals surface area contributed by atoms with Crippen molar-refractivity contribution in [1.82, 2.24) is 4.90 Å². The molecule has 1 saturated carbocycles. The Balaban J connectivity index is 1.41. The number of aryl methyl sites for hydroxylation is 1. The van der Waals surface area contributed by atoms with Crippen LogP contribution in [-0.4, -0.2) is 35.0 Å². The number of carboxylic acids is 1. The van der Waals surface area contributed by atoms with Crippen LogP contribution in [0.1, 0.15) is 18.4 Å². The number of likely N-dealkylation sites (tertiary alicyclic amines) is 1. The summed E-state index contributed by atoms with van der Waals surface area (Å²) < 4.78 is 0. The van der Waals surface area contributed by atoms with E-state index in [9.17, 15) is 9.59 Å². The third kappa shape index (κ3) is 3.21. The number of amides is 1. The Hall–Kier alpha value is -1.55. The molecule has 4 nitrogen and oxygen atoms in total. The molecule has 0 unspecified atom stereocenters. The molecule has 21 heavy (non-hydrogen) atoms. The van der Waals surface area contributed by atoms with Gasteiger partial charge in [-0.1, -0.05) is 23.7 Å². The molecule has 1 aromatic carbocycles.